The second-order valence-electron chi connectivity index (χ2n) is 4.78. The van der Waals surface area contributed by atoms with E-state index in [9.17, 15) is 18.0 Å². The van der Waals surface area contributed by atoms with Crippen molar-refractivity contribution in [1.82, 2.24) is 9.78 Å². The highest BCUT2D eigenvalue weighted by Gasteiger charge is 2.29. The van der Waals surface area contributed by atoms with Crippen LogP contribution in [-0.4, -0.2) is 21.2 Å². The Morgan fingerprint density at radius 2 is 1.86 bits per heavy atom. The molecular formula is C14H14F3N3OS. The molecular weight excluding hydrogens is 315 g/mol. The lowest BCUT2D eigenvalue weighted by molar-refractivity contribution is -0.0328. The van der Waals surface area contributed by atoms with Crippen molar-refractivity contribution >= 4 is 23.5 Å². The van der Waals surface area contributed by atoms with Gasteiger partial charge in [-0.1, -0.05) is 0 Å². The van der Waals surface area contributed by atoms with Crippen LogP contribution in [0, 0.1) is 0 Å². The summed E-state index contributed by atoms with van der Waals surface area (Å²) in [6.07, 6.45) is 1.57. The molecule has 8 heteroatoms. The Labute approximate surface area is 129 Å². The number of anilines is 1. The topological polar surface area (TPSA) is 46.9 Å². The van der Waals surface area contributed by atoms with E-state index in [0.717, 1.165) is 0 Å². The van der Waals surface area contributed by atoms with E-state index in [1.807, 2.05) is 13.8 Å². The molecule has 0 unspecified atom stereocenters. The summed E-state index contributed by atoms with van der Waals surface area (Å²) in [6, 6.07) is 7.00. The van der Waals surface area contributed by atoms with Gasteiger partial charge in [-0.25, -0.2) is 4.68 Å². The fourth-order valence-corrected chi connectivity index (χ4v) is 2.36. The Morgan fingerprint density at radius 1 is 1.23 bits per heavy atom. The molecule has 1 amide bonds. The van der Waals surface area contributed by atoms with Crippen LogP contribution in [0.3, 0.4) is 0 Å². The molecule has 1 heterocycles. The normalized spacial score (nSPS) is 11.7. The minimum Gasteiger partial charge on any atom is -0.307 e. The van der Waals surface area contributed by atoms with Crippen LogP contribution in [0.25, 0.3) is 0 Å². The number of hydrogen-bond acceptors (Lipinski definition) is 3. The predicted octanol–water partition coefficient (Wildman–Crippen LogP) is 4.33. The zero-order valence-corrected chi connectivity index (χ0v) is 12.7. The third kappa shape index (κ3) is 4.27. The van der Waals surface area contributed by atoms with E-state index in [4.69, 9.17) is 0 Å². The maximum absolute atomic E-state index is 12.2. The fourth-order valence-electron chi connectivity index (χ4n) is 1.82. The van der Waals surface area contributed by atoms with Crippen LogP contribution in [0.1, 0.15) is 30.2 Å². The molecule has 4 nitrogen and oxygen atoms in total. The molecule has 118 valence electrons. The van der Waals surface area contributed by atoms with E-state index in [2.05, 4.69) is 10.4 Å². The second kappa shape index (κ2) is 6.43. The minimum atomic E-state index is -4.34. The first-order valence-corrected chi connectivity index (χ1v) is 7.28. The first-order valence-electron chi connectivity index (χ1n) is 6.47. The van der Waals surface area contributed by atoms with Gasteiger partial charge in [-0.05, 0) is 49.9 Å². The average molecular weight is 329 g/mol. The van der Waals surface area contributed by atoms with Gasteiger partial charge >= 0.3 is 5.51 Å². The smallest absolute Gasteiger partial charge is 0.307 e. The van der Waals surface area contributed by atoms with Gasteiger partial charge in [0.25, 0.3) is 5.91 Å². The van der Waals surface area contributed by atoms with Crippen molar-refractivity contribution in [3.63, 3.8) is 0 Å². The number of rotatable bonds is 4. The van der Waals surface area contributed by atoms with Gasteiger partial charge in [0.2, 0.25) is 0 Å². The van der Waals surface area contributed by atoms with Crippen LogP contribution in [0.2, 0.25) is 0 Å². The predicted molar refractivity (Wildman–Crippen MR) is 78.9 cm³/mol. The molecule has 0 saturated carbocycles. The highest BCUT2D eigenvalue weighted by molar-refractivity contribution is 8.00. The zero-order valence-electron chi connectivity index (χ0n) is 11.9. The Balaban J connectivity index is 2.08. The maximum Gasteiger partial charge on any atom is 0.446 e. The number of halogens is 3. The van der Waals surface area contributed by atoms with Crippen LogP contribution in [0.15, 0.2) is 41.4 Å². The van der Waals surface area contributed by atoms with Crippen molar-refractivity contribution in [2.45, 2.75) is 30.3 Å². The monoisotopic (exact) mass is 329 g/mol. The summed E-state index contributed by atoms with van der Waals surface area (Å²) in [6.45, 7) is 3.84. The van der Waals surface area contributed by atoms with Crippen LogP contribution < -0.4 is 5.32 Å². The largest absolute Gasteiger partial charge is 0.446 e. The Hall–Kier alpha value is -1.96. The number of thioether (sulfide) groups is 1. The van der Waals surface area contributed by atoms with Crippen molar-refractivity contribution < 1.29 is 18.0 Å². The van der Waals surface area contributed by atoms with Gasteiger partial charge in [0, 0.05) is 22.6 Å². The summed E-state index contributed by atoms with van der Waals surface area (Å²) < 4.78 is 38.4. The van der Waals surface area contributed by atoms with E-state index >= 15 is 0 Å². The van der Waals surface area contributed by atoms with E-state index < -0.39 is 11.4 Å². The number of nitrogens with zero attached hydrogens (tertiary/aromatic N) is 2. The number of nitrogens with one attached hydrogen (secondary N) is 1. The number of carbonyl (C=O) groups is 1. The summed E-state index contributed by atoms with van der Waals surface area (Å²) in [5.74, 6) is 0.139. The molecule has 1 aromatic carbocycles. The highest BCUT2D eigenvalue weighted by atomic mass is 32.2. The van der Waals surface area contributed by atoms with Gasteiger partial charge in [0.1, 0.15) is 5.82 Å². The van der Waals surface area contributed by atoms with Gasteiger partial charge in [0.05, 0.1) is 6.20 Å². The molecule has 0 aliphatic rings. The standard InChI is InChI=1S/C14H14F3N3OS/c1-9(2)20-12(7-8-18-20)19-13(21)10-3-5-11(6-4-10)22-14(15,16)17/h3-9H,1-2H3,(H,19,21). The first kappa shape index (κ1) is 16.4. The quantitative estimate of drug-likeness (QED) is 0.849. The third-order valence-corrected chi connectivity index (χ3v) is 3.49. The molecule has 2 aromatic rings. The molecule has 0 radical (unpaired) electrons. The molecule has 0 spiro atoms. The van der Waals surface area contributed by atoms with Crippen LogP contribution in [0.4, 0.5) is 19.0 Å². The number of amides is 1. The molecule has 0 aliphatic heterocycles. The van der Waals surface area contributed by atoms with Gasteiger partial charge in [-0.2, -0.15) is 18.3 Å². The highest BCUT2D eigenvalue weighted by Crippen LogP contribution is 2.36. The summed E-state index contributed by atoms with van der Waals surface area (Å²) in [4.78, 5) is 12.1. The minimum absolute atomic E-state index is 0.0382. The first-order chi connectivity index (χ1) is 10.3. The van der Waals surface area contributed by atoms with Crippen molar-refractivity contribution in [3.05, 3.63) is 42.1 Å². The van der Waals surface area contributed by atoms with Crippen molar-refractivity contribution in [2.24, 2.45) is 0 Å². The number of alkyl halides is 3. The molecule has 0 bridgehead atoms. The molecule has 0 atom stereocenters. The number of aromatic nitrogens is 2. The average Bonchev–Trinajstić information content (AvgIpc) is 2.86. The number of carbonyl (C=O) groups excluding carboxylic acids is 1. The zero-order chi connectivity index (χ0) is 16.3. The van der Waals surface area contributed by atoms with Crippen LogP contribution in [-0.2, 0) is 0 Å². The molecule has 2 rings (SSSR count). The number of hydrogen-bond donors (Lipinski definition) is 1. The summed E-state index contributed by atoms with van der Waals surface area (Å²) in [5, 5.41) is 6.78. The molecule has 0 aliphatic carbocycles. The van der Waals surface area contributed by atoms with E-state index in [-0.39, 0.29) is 28.3 Å². The Bertz CT molecular complexity index is 650. The van der Waals surface area contributed by atoms with E-state index in [1.165, 1.54) is 24.3 Å². The SMILES string of the molecule is CC(C)n1nccc1NC(=O)c1ccc(SC(F)(F)F)cc1. The van der Waals surface area contributed by atoms with Gasteiger partial charge < -0.3 is 5.32 Å². The molecule has 22 heavy (non-hydrogen) atoms. The van der Waals surface area contributed by atoms with Gasteiger partial charge in [-0.3, -0.25) is 4.79 Å². The van der Waals surface area contributed by atoms with Crippen molar-refractivity contribution in [1.29, 1.82) is 0 Å². The van der Waals surface area contributed by atoms with Crippen LogP contribution in [0.5, 0.6) is 0 Å². The van der Waals surface area contributed by atoms with E-state index in [0.29, 0.717) is 5.82 Å². The van der Waals surface area contributed by atoms with Crippen molar-refractivity contribution in [2.75, 3.05) is 5.32 Å². The van der Waals surface area contributed by atoms with Gasteiger partial charge in [0.15, 0.2) is 0 Å². The lowest BCUT2D eigenvalue weighted by atomic mass is 10.2. The third-order valence-electron chi connectivity index (χ3n) is 2.75. The molecule has 1 aromatic heterocycles. The fraction of sp³-hybridized carbons (Fsp3) is 0.286. The number of benzene rings is 1. The molecule has 1 N–H and O–H groups in total. The molecule has 0 saturated heterocycles. The summed E-state index contributed by atoms with van der Waals surface area (Å²) in [5.41, 5.74) is -4.06. The van der Waals surface area contributed by atoms with E-state index in [1.54, 1.807) is 16.9 Å². The van der Waals surface area contributed by atoms with Crippen molar-refractivity contribution in [3.8, 4) is 0 Å². The lowest BCUT2D eigenvalue weighted by Crippen LogP contribution is -2.16. The maximum atomic E-state index is 12.2. The van der Waals surface area contributed by atoms with Crippen LogP contribution >= 0.6 is 11.8 Å². The Morgan fingerprint density at radius 3 is 2.41 bits per heavy atom. The summed E-state index contributed by atoms with van der Waals surface area (Å²) in [7, 11) is 0. The lowest BCUT2D eigenvalue weighted by Gasteiger charge is -2.12. The van der Waals surface area contributed by atoms with Gasteiger partial charge in [-0.15, -0.1) is 0 Å². The second-order valence-corrected chi connectivity index (χ2v) is 5.92. The summed E-state index contributed by atoms with van der Waals surface area (Å²) >= 11 is -0.213. The Kier molecular flexibility index (Phi) is 4.80. The molecule has 0 fully saturated rings.